The molecular formula is C17H27NO. The minimum Gasteiger partial charge on any atom is -0.493 e. The van der Waals surface area contributed by atoms with Gasteiger partial charge in [0.1, 0.15) is 5.75 Å². The van der Waals surface area contributed by atoms with Gasteiger partial charge in [0.25, 0.3) is 0 Å². The van der Waals surface area contributed by atoms with Crippen molar-refractivity contribution in [2.45, 2.75) is 57.9 Å². The molecule has 2 heteroatoms. The van der Waals surface area contributed by atoms with Gasteiger partial charge in [-0.05, 0) is 42.7 Å². The number of rotatable bonds is 6. The summed E-state index contributed by atoms with van der Waals surface area (Å²) in [6.45, 7) is 5.14. The van der Waals surface area contributed by atoms with Gasteiger partial charge in [-0.2, -0.15) is 0 Å². The monoisotopic (exact) mass is 261 g/mol. The second-order valence-electron chi connectivity index (χ2n) is 6.04. The molecule has 0 radical (unpaired) electrons. The van der Waals surface area contributed by atoms with Crippen LogP contribution in [0.25, 0.3) is 0 Å². The minimum absolute atomic E-state index is 0.314. The normalized spacial score (nSPS) is 17.9. The highest BCUT2D eigenvalue weighted by atomic mass is 16.5. The number of benzene rings is 1. The van der Waals surface area contributed by atoms with E-state index in [2.05, 4.69) is 32.0 Å². The Morgan fingerprint density at radius 3 is 2.58 bits per heavy atom. The highest BCUT2D eigenvalue weighted by Gasteiger charge is 2.21. The zero-order valence-electron chi connectivity index (χ0n) is 12.3. The van der Waals surface area contributed by atoms with Crippen molar-refractivity contribution in [2.75, 3.05) is 6.61 Å². The summed E-state index contributed by atoms with van der Waals surface area (Å²) in [5.41, 5.74) is 7.55. The predicted molar refractivity (Wildman–Crippen MR) is 80.6 cm³/mol. The summed E-state index contributed by atoms with van der Waals surface area (Å²) in [6.07, 6.45) is 6.30. The predicted octanol–water partition coefficient (Wildman–Crippen LogP) is 4.10. The van der Waals surface area contributed by atoms with E-state index in [1.165, 1.54) is 31.2 Å². The Balaban J connectivity index is 1.82. The van der Waals surface area contributed by atoms with E-state index >= 15 is 0 Å². The van der Waals surface area contributed by atoms with E-state index in [9.17, 15) is 0 Å². The molecule has 1 aromatic carbocycles. The number of ether oxygens (including phenoxy) is 1. The van der Waals surface area contributed by atoms with Crippen molar-refractivity contribution < 1.29 is 4.74 Å². The lowest BCUT2D eigenvalue weighted by atomic mass is 9.97. The zero-order chi connectivity index (χ0) is 13.7. The molecular weight excluding hydrogens is 234 g/mol. The Labute approximate surface area is 117 Å². The first-order valence-corrected chi connectivity index (χ1v) is 7.65. The molecule has 1 aliphatic rings. The van der Waals surface area contributed by atoms with Crippen LogP contribution >= 0.6 is 0 Å². The summed E-state index contributed by atoms with van der Waals surface area (Å²) >= 11 is 0. The van der Waals surface area contributed by atoms with Crippen LogP contribution in [-0.4, -0.2) is 12.6 Å². The third kappa shape index (κ3) is 3.97. The smallest absolute Gasteiger partial charge is 0.122 e. The molecule has 1 aromatic rings. The van der Waals surface area contributed by atoms with Gasteiger partial charge in [0, 0.05) is 6.04 Å². The van der Waals surface area contributed by atoms with Crippen molar-refractivity contribution in [2.24, 2.45) is 11.7 Å². The maximum absolute atomic E-state index is 6.26. The molecule has 106 valence electrons. The quantitative estimate of drug-likeness (QED) is 0.837. The van der Waals surface area contributed by atoms with Gasteiger partial charge in [-0.3, -0.25) is 0 Å². The molecule has 1 saturated carbocycles. The SMILES string of the molecule is CC(C)c1ccccc1OCCC(N)C1CCCC1. The van der Waals surface area contributed by atoms with Crippen molar-refractivity contribution >= 4 is 0 Å². The van der Waals surface area contributed by atoms with E-state index in [0.717, 1.165) is 24.7 Å². The fourth-order valence-electron chi connectivity index (χ4n) is 3.02. The van der Waals surface area contributed by atoms with E-state index < -0.39 is 0 Å². The molecule has 1 atom stereocenters. The summed E-state index contributed by atoms with van der Waals surface area (Å²) in [5.74, 6) is 2.25. The lowest BCUT2D eigenvalue weighted by molar-refractivity contribution is 0.271. The Morgan fingerprint density at radius 2 is 1.89 bits per heavy atom. The molecule has 0 heterocycles. The molecule has 0 bridgehead atoms. The van der Waals surface area contributed by atoms with Gasteiger partial charge in [0.15, 0.2) is 0 Å². The van der Waals surface area contributed by atoms with Crippen LogP contribution in [0.2, 0.25) is 0 Å². The maximum Gasteiger partial charge on any atom is 0.122 e. The van der Waals surface area contributed by atoms with Crippen LogP contribution in [0.5, 0.6) is 5.75 Å². The van der Waals surface area contributed by atoms with Gasteiger partial charge in [0.05, 0.1) is 6.61 Å². The van der Waals surface area contributed by atoms with Gasteiger partial charge < -0.3 is 10.5 Å². The average Bonchev–Trinajstić information content (AvgIpc) is 2.93. The van der Waals surface area contributed by atoms with Gasteiger partial charge in [-0.1, -0.05) is 44.9 Å². The van der Waals surface area contributed by atoms with Gasteiger partial charge in [-0.25, -0.2) is 0 Å². The molecule has 1 fully saturated rings. The van der Waals surface area contributed by atoms with Crippen LogP contribution in [0.3, 0.4) is 0 Å². The maximum atomic E-state index is 6.26. The molecule has 0 spiro atoms. The summed E-state index contributed by atoms with van der Waals surface area (Å²) in [7, 11) is 0. The molecule has 0 saturated heterocycles. The fraction of sp³-hybridized carbons (Fsp3) is 0.647. The number of nitrogens with two attached hydrogens (primary N) is 1. The van der Waals surface area contributed by atoms with Gasteiger partial charge >= 0.3 is 0 Å². The number of hydrogen-bond donors (Lipinski definition) is 1. The molecule has 0 aromatic heterocycles. The fourth-order valence-corrected chi connectivity index (χ4v) is 3.02. The van der Waals surface area contributed by atoms with E-state index in [-0.39, 0.29) is 0 Å². The molecule has 2 rings (SSSR count). The first-order chi connectivity index (χ1) is 9.18. The van der Waals surface area contributed by atoms with Crippen molar-refractivity contribution in [3.63, 3.8) is 0 Å². The van der Waals surface area contributed by atoms with Crippen LogP contribution in [-0.2, 0) is 0 Å². The Hall–Kier alpha value is -1.02. The minimum atomic E-state index is 0.314. The third-order valence-corrected chi connectivity index (χ3v) is 4.26. The van der Waals surface area contributed by atoms with Crippen molar-refractivity contribution in [1.82, 2.24) is 0 Å². The number of para-hydroxylation sites is 1. The molecule has 0 amide bonds. The topological polar surface area (TPSA) is 35.2 Å². The van der Waals surface area contributed by atoms with Crippen molar-refractivity contribution in [3.8, 4) is 5.75 Å². The first-order valence-electron chi connectivity index (χ1n) is 7.65. The van der Waals surface area contributed by atoms with Crippen LogP contribution in [0.15, 0.2) is 24.3 Å². The second kappa shape index (κ2) is 6.95. The van der Waals surface area contributed by atoms with Crippen LogP contribution in [0, 0.1) is 5.92 Å². The van der Waals surface area contributed by atoms with Crippen LogP contribution in [0.1, 0.15) is 57.4 Å². The average molecular weight is 261 g/mol. The van der Waals surface area contributed by atoms with Crippen molar-refractivity contribution in [3.05, 3.63) is 29.8 Å². The molecule has 0 aliphatic heterocycles. The highest BCUT2D eigenvalue weighted by molar-refractivity contribution is 5.35. The van der Waals surface area contributed by atoms with E-state index in [1.807, 2.05) is 6.07 Å². The molecule has 1 aliphatic carbocycles. The highest BCUT2D eigenvalue weighted by Crippen LogP contribution is 2.29. The largest absolute Gasteiger partial charge is 0.493 e. The van der Waals surface area contributed by atoms with Crippen LogP contribution < -0.4 is 10.5 Å². The van der Waals surface area contributed by atoms with Crippen molar-refractivity contribution in [1.29, 1.82) is 0 Å². The Morgan fingerprint density at radius 1 is 1.21 bits per heavy atom. The van der Waals surface area contributed by atoms with Gasteiger partial charge in [-0.15, -0.1) is 0 Å². The molecule has 1 unspecified atom stereocenters. The standard InChI is InChI=1S/C17H27NO/c1-13(2)15-9-5-6-10-17(15)19-12-11-16(18)14-7-3-4-8-14/h5-6,9-10,13-14,16H,3-4,7-8,11-12,18H2,1-2H3. The Kier molecular flexibility index (Phi) is 5.26. The summed E-state index contributed by atoms with van der Waals surface area (Å²) in [4.78, 5) is 0. The molecule has 19 heavy (non-hydrogen) atoms. The second-order valence-corrected chi connectivity index (χ2v) is 6.04. The third-order valence-electron chi connectivity index (χ3n) is 4.26. The zero-order valence-corrected chi connectivity index (χ0v) is 12.3. The summed E-state index contributed by atoms with van der Waals surface area (Å²) in [6, 6.07) is 8.64. The molecule has 2 N–H and O–H groups in total. The Bertz CT molecular complexity index is 383. The van der Waals surface area contributed by atoms with E-state index in [4.69, 9.17) is 10.5 Å². The van der Waals surface area contributed by atoms with E-state index in [0.29, 0.717) is 12.0 Å². The first kappa shape index (κ1) is 14.4. The lowest BCUT2D eigenvalue weighted by Crippen LogP contribution is -2.30. The van der Waals surface area contributed by atoms with Gasteiger partial charge in [0.2, 0.25) is 0 Å². The van der Waals surface area contributed by atoms with E-state index in [1.54, 1.807) is 0 Å². The molecule has 2 nitrogen and oxygen atoms in total. The lowest BCUT2D eigenvalue weighted by Gasteiger charge is -2.20. The van der Waals surface area contributed by atoms with Crippen LogP contribution in [0.4, 0.5) is 0 Å². The summed E-state index contributed by atoms with van der Waals surface area (Å²) < 4.78 is 5.95. The summed E-state index contributed by atoms with van der Waals surface area (Å²) in [5, 5.41) is 0. The number of hydrogen-bond acceptors (Lipinski definition) is 2.